The summed E-state index contributed by atoms with van der Waals surface area (Å²) in [5.41, 5.74) is 2.47. The van der Waals surface area contributed by atoms with Gasteiger partial charge in [-0.05, 0) is 43.2 Å². The minimum absolute atomic E-state index is 0.0803. The summed E-state index contributed by atoms with van der Waals surface area (Å²) in [6.45, 7) is 3.61. The minimum atomic E-state index is -3.72. The Hall–Kier alpha value is -2.09. The molecule has 0 radical (unpaired) electrons. The second-order valence-corrected chi connectivity index (χ2v) is 8.92. The molecule has 1 aromatic heterocycles. The predicted octanol–water partition coefficient (Wildman–Crippen LogP) is 3.97. The third-order valence-electron chi connectivity index (χ3n) is 3.98. The Balaban J connectivity index is 1.72. The number of halogens is 1. The van der Waals surface area contributed by atoms with E-state index in [2.05, 4.69) is 21.8 Å². The summed E-state index contributed by atoms with van der Waals surface area (Å²) in [5.74, 6) is -0.456. The second-order valence-electron chi connectivity index (χ2n) is 6.01. The van der Waals surface area contributed by atoms with Gasteiger partial charge in [-0.2, -0.15) is 0 Å². The van der Waals surface area contributed by atoms with Crippen LogP contribution in [0.25, 0.3) is 0 Å². The van der Waals surface area contributed by atoms with Crippen LogP contribution >= 0.6 is 11.3 Å². The lowest BCUT2D eigenvalue weighted by molar-refractivity contribution is 0.579. The molecule has 0 aliphatic heterocycles. The maximum Gasteiger partial charge on any atom is 0.241 e. The smallest absolute Gasteiger partial charge is 0.241 e. The number of benzene rings is 2. The van der Waals surface area contributed by atoms with Gasteiger partial charge >= 0.3 is 0 Å². The van der Waals surface area contributed by atoms with Crippen LogP contribution in [0.5, 0.6) is 0 Å². The van der Waals surface area contributed by atoms with Crippen molar-refractivity contribution in [2.75, 3.05) is 0 Å². The van der Waals surface area contributed by atoms with Gasteiger partial charge in [0.2, 0.25) is 10.0 Å². The number of nitrogens with one attached hydrogen (secondary N) is 1. The van der Waals surface area contributed by atoms with E-state index in [1.807, 2.05) is 25.1 Å². The van der Waals surface area contributed by atoms with Crippen molar-refractivity contribution in [3.05, 3.63) is 81.1 Å². The topological polar surface area (TPSA) is 59.1 Å². The molecule has 0 aliphatic rings. The Bertz CT molecular complexity index is 1020. The normalized spacial score (nSPS) is 11.7. The highest BCUT2D eigenvalue weighted by Crippen LogP contribution is 2.22. The van der Waals surface area contributed by atoms with E-state index in [0.29, 0.717) is 10.6 Å². The van der Waals surface area contributed by atoms with Crippen molar-refractivity contribution >= 4 is 21.4 Å². The Kier molecular flexibility index (Phi) is 5.50. The molecule has 0 saturated heterocycles. The lowest BCUT2D eigenvalue weighted by Crippen LogP contribution is -2.24. The van der Waals surface area contributed by atoms with Crippen LogP contribution < -0.4 is 4.72 Å². The largest absolute Gasteiger partial charge is 0.245 e. The number of sulfonamides is 1. The first-order chi connectivity index (χ1) is 12.3. The average molecular weight is 391 g/mol. The molecular weight excluding hydrogens is 371 g/mol. The Morgan fingerprint density at radius 2 is 1.85 bits per heavy atom. The zero-order valence-corrected chi connectivity index (χ0v) is 16.1. The van der Waals surface area contributed by atoms with Gasteiger partial charge < -0.3 is 0 Å². The highest BCUT2D eigenvalue weighted by molar-refractivity contribution is 7.89. The Morgan fingerprint density at radius 3 is 2.54 bits per heavy atom. The van der Waals surface area contributed by atoms with Crippen molar-refractivity contribution in [2.24, 2.45) is 0 Å². The zero-order chi connectivity index (χ0) is 18.7. The molecule has 2 aromatic carbocycles. The van der Waals surface area contributed by atoms with E-state index in [0.717, 1.165) is 23.1 Å². The molecule has 0 fully saturated rings. The van der Waals surface area contributed by atoms with E-state index in [1.54, 1.807) is 6.92 Å². The average Bonchev–Trinajstić information content (AvgIpc) is 2.93. The molecule has 7 heteroatoms. The van der Waals surface area contributed by atoms with Crippen molar-refractivity contribution in [1.82, 2.24) is 9.71 Å². The van der Waals surface area contributed by atoms with Gasteiger partial charge in [-0.25, -0.2) is 22.5 Å². The third kappa shape index (κ3) is 4.35. The van der Waals surface area contributed by atoms with E-state index in [1.165, 1.54) is 29.0 Å². The van der Waals surface area contributed by atoms with E-state index < -0.39 is 15.8 Å². The standard InChI is InChI=1S/C19H19FN2O2S2/c1-13-10-16(20)8-9-18(13)26(23,24)21-12-19-22-14(2)17(25-19)11-15-6-4-3-5-7-15/h3-10,21H,11-12H2,1-2H3. The molecule has 0 amide bonds. The van der Waals surface area contributed by atoms with Crippen molar-refractivity contribution in [3.8, 4) is 0 Å². The SMILES string of the molecule is Cc1cc(F)ccc1S(=O)(=O)NCc1nc(C)c(Cc2ccccc2)s1. The summed E-state index contributed by atoms with van der Waals surface area (Å²) >= 11 is 1.50. The minimum Gasteiger partial charge on any atom is -0.245 e. The molecule has 0 saturated carbocycles. The molecule has 4 nitrogen and oxygen atoms in total. The number of thiazole rings is 1. The highest BCUT2D eigenvalue weighted by Gasteiger charge is 2.18. The first-order valence-electron chi connectivity index (χ1n) is 8.10. The highest BCUT2D eigenvalue weighted by atomic mass is 32.2. The van der Waals surface area contributed by atoms with Gasteiger partial charge in [0.25, 0.3) is 0 Å². The van der Waals surface area contributed by atoms with Gasteiger partial charge in [0.15, 0.2) is 0 Å². The zero-order valence-electron chi connectivity index (χ0n) is 14.5. The molecule has 136 valence electrons. The quantitative estimate of drug-likeness (QED) is 0.693. The Morgan fingerprint density at radius 1 is 1.12 bits per heavy atom. The molecule has 1 N–H and O–H groups in total. The van der Waals surface area contributed by atoms with Crippen LogP contribution in [0.15, 0.2) is 53.4 Å². The maximum atomic E-state index is 13.2. The van der Waals surface area contributed by atoms with Crippen molar-refractivity contribution < 1.29 is 12.8 Å². The number of hydrogen-bond acceptors (Lipinski definition) is 4. The monoisotopic (exact) mass is 390 g/mol. The van der Waals surface area contributed by atoms with Gasteiger partial charge in [-0.3, -0.25) is 0 Å². The van der Waals surface area contributed by atoms with Crippen LogP contribution in [0.4, 0.5) is 4.39 Å². The van der Waals surface area contributed by atoms with E-state index in [4.69, 9.17) is 0 Å². The molecule has 0 unspecified atom stereocenters. The molecule has 0 atom stereocenters. The summed E-state index contributed by atoms with van der Waals surface area (Å²) < 4.78 is 40.7. The summed E-state index contributed by atoms with van der Waals surface area (Å²) in [5, 5.41) is 0.705. The second kappa shape index (κ2) is 7.65. The first kappa shape index (κ1) is 18.7. The van der Waals surface area contributed by atoms with E-state index in [-0.39, 0.29) is 11.4 Å². The fourth-order valence-electron chi connectivity index (χ4n) is 2.66. The Labute approximate surface area is 156 Å². The van der Waals surface area contributed by atoms with Gasteiger partial charge in [0.1, 0.15) is 10.8 Å². The number of nitrogens with zero attached hydrogens (tertiary/aromatic N) is 1. The van der Waals surface area contributed by atoms with Gasteiger partial charge in [-0.15, -0.1) is 11.3 Å². The van der Waals surface area contributed by atoms with Gasteiger partial charge in [0, 0.05) is 11.3 Å². The van der Waals surface area contributed by atoms with Crippen LogP contribution in [0, 0.1) is 19.7 Å². The van der Waals surface area contributed by atoms with Crippen molar-refractivity contribution in [2.45, 2.75) is 31.7 Å². The lowest BCUT2D eigenvalue weighted by atomic mass is 10.1. The number of rotatable bonds is 6. The van der Waals surface area contributed by atoms with Crippen LogP contribution in [0.2, 0.25) is 0 Å². The number of aromatic nitrogens is 1. The fraction of sp³-hybridized carbons (Fsp3) is 0.211. The van der Waals surface area contributed by atoms with Crippen molar-refractivity contribution in [3.63, 3.8) is 0 Å². The van der Waals surface area contributed by atoms with Crippen LogP contribution in [-0.2, 0) is 23.0 Å². The molecule has 0 bridgehead atoms. The summed E-state index contributed by atoms with van der Waals surface area (Å²) in [7, 11) is -3.72. The predicted molar refractivity (Wildman–Crippen MR) is 101 cm³/mol. The molecule has 1 heterocycles. The first-order valence-corrected chi connectivity index (χ1v) is 10.4. The molecule has 3 aromatic rings. The van der Waals surface area contributed by atoms with Crippen LogP contribution in [0.1, 0.15) is 26.7 Å². The molecule has 26 heavy (non-hydrogen) atoms. The fourth-order valence-corrected chi connectivity index (χ4v) is 5.01. The number of hydrogen-bond donors (Lipinski definition) is 1. The summed E-state index contributed by atoms with van der Waals surface area (Å²) in [4.78, 5) is 5.67. The maximum absolute atomic E-state index is 13.2. The molecular formula is C19H19FN2O2S2. The van der Waals surface area contributed by atoms with Gasteiger partial charge in [-0.1, -0.05) is 30.3 Å². The molecule has 0 aliphatic carbocycles. The number of aryl methyl sites for hydroxylation is 2. The molecule has 0 spiro atoms. The lowest BCUT2D eigenvalue weighted by Gasteiger charge is -2.08. The van der Waals surface area contributed by atoms with E-state index >= 15 is 0 Å². The third-order valence-corrected chi connectivity index (χ3v) is 6.70. The van der Waals surface area contributed by atoms with E-state index in [9.17, 15) is 12.8 Å². The van der Waals surface area contributed by atoms with Crippen LogP contribution in [0.3, 0.4) is 0 Å². The van der Waals surface area contributed by atoms with Gasteiger partial charge in [0.05, 0.1) is 17.1 Å². The van der Waals surface area contributed by atoms with Crippen molar-refractivity contribution in [1.29, 1.82) is 0 Å². The van der Waals surface area contributed by atoms with Crippen LogP contribution in [-0.4, -0.2) is 13.4 Å². The summed E-state index contributed by atoms with van der Waals surface area (Å²) in [6.07, 6.45) is 0.772. The summed E-state index contributed by atoms with van der Waals surface area (Å²) in [6, 6.07) is 13.7. The molecule has 3 rings (SSSR count).